The fourth-order valence-electron chi connectivity index (χ4n) is 2.97. The molecule has 0 unspecified atom stereocenters. The number of rotatable bonds is 8. The number of nitrogens with zero attached hydrogens (tertiary/aromatic N) is 5. The molecule has 0 saturated carbocycles. The number of aromatic nitrogens is 4. The van der Waals surface area contributed by atoms with E-state index in [2.05, 4.69) is 24.6 Å². The van der Waals surface area contributed by atoms with Gasteiger partial charge in [-0.15, -0.1) is 0 Å². The van der Waals surface area contributed by atoms with Crippen molar-refractivity contribution in [2.75, 3.05) is 26.5 Å². The molecule has 0 fully saturated rings. The third kappa shape index (κ3) is 5.18. The van der Waals surface area contributed by atoms with Crippen molar-refractivity contribution >= 4 is 57.1 Å². The van der Waals surface area contributed by atoms with E-state index in [0.717, 1.165) is 22.6 Å². The lowest BCUT2D eigenvalue weighted by molar-refractivity contribution is 0.277. The number of anilines is 2. The van der Waals surface area contributed by atoms with Crippen molar-refractivity contribution in [2.24, 2.45) is 0 Å². The standard InChI is InChI=1S/C21H20Cl2N6O2S/c1-29(2)9-20-27-19(28-32-20)10-31-18-8-16-13(7-17(18)30-3)21(25-11-24-16)26-12-4-5-14(22)15(23)6-12/h4-8,11H,9-10H2,1-3H3,(H,24,25,26). The molecule has 4 rings (SSSR count). The summed E-state index contributed by atoms with van der Waals surface area (Å²) in [6, 6.07) is 8.91. The maximum atomic E-state index is 6.13. The summed E-state index contributed by atoms with van der Waals surface area (Å²) in [5, 5.41) is 5.88. The highest BCUT2D eigenvalue weighted by molar-refractivity contribution is 7.05. The van der Waals surface area contributed by atoms with E-state index < -0.39 is 0 Å². The SMILES string of the molecule is COc1cc2c(Nc3ccc(Cl)c(Cl)c3)ncnc2cc1OCc1nsc(CN(C)C)n1. The van der Waals surface area contributed by atoms with Crippen LogP contribution in [-0.2, 0) is 13.2 Å². The molecule has 0 amide bonds. The maximum Gasteiger partial charge on any atom is 0.180 e. The summed E-state index contributed by atoms with van der Waals surface area (Å²) in [6.07, 6.45) is 1.48. The second-order valence-corrected chi connectivity index (χ2v) is 8.78. The Kier molecular flexibility index (Phi) is 6.90. The number of fused-ring (bicyclic) bond motifs is 1. The lowest BCUT2D eigenvalue weighted by Gasteiger charge is -2.13. The minimum Gasteiger partial charge on any atom is -0.493 e. The predicted molar refractivity (Wildman–Crippen MR) is 127 cm³/mol. The Morgan fingerprint density at radius 3 is 2.66 bits per heavy atom. The molecular weight excluding hydrogens is 471 g/mol. The third-order valence-corrected chi connectivity index (χ3v) is 5.89. The summed E-state index contributed by atoms with van der Waals surface area (Å²) in [7, 11) is 5.56. The average molecular weight is 491 g/mol. The summed E-state index contributed by atoms with van der Waals surface area (Å²) in [5.74, 6) is 2.32. The normalized spacial score (nSPS) is 11.2. The van der Waals surface area contributed by atoms with Crippen LogP contribution < -0.4 is 14.8 Å². The van der Waals surface area contributed by atoms with Crippen molar-refractivity contribution in [1.29, 1.82) is 0 Å². The van der Waals surface area contributed by atoms with Crippen LogP contribution in [0.5, 0.6) is 11.5 Å². The topological polar surface area (TPSA) is 85.3 Å². The first-order valence-electron chi connectivity index (χ1n) is 9.56. The highest BCUT2D eigenvalue weighted by atomic mass is 35.5. The van der Waals surface area contributed by atoms with Crippen molar-refractivity contribution in [3.63, 3.8) is 0 Å². The number of benzene rings is 2. The van der Waals surface area contributed by atoms with Crippen LogP contribution in [0.25, 0.3) is 10.9 Å². The molecule has 32 heavy (non-hydrogen) atoms. The summed E-state index contributed by atoms with van der Waals surface area (Å²) in [5.41, 5.74) is 1.44. The highest BCUT2D eigenvalue weighted by Crippen LogP contribution is 2.35. The zero-order chi connectivity index (χ0) is 22.7. The van der Waals surface area contributed by atoms with Gasteiger partial charge in [0.1, 0.15) is 23.8 Å². The van der Waals surface area contributed by atoms with Crippen LogP contribution in [0, 0.1) is 0 Å². The third-order valence-electron chi connectivity index (χ3n) is 4.42. The molecular formula is C21H20Cl2N6O2S. The van der Waals surface area contributed by atoms with Crippen LogP contribution in [0.3, 0.4) is 0 Å². The van der Waals surface area contributed by atoms with E-state index >= 15 is 0 Å². The van der Waals surface area contributed by atoms with Gasteiger partial charge in [-0.25, -0.2) is 15.0 Å². The molecule has 2 aromatic heterocycles. The lowest BCUT2D eigenvalue weighted by Crippen LogP contribution is -2.10. The first-order valence-corrected chi connectivity index (χ1v) is 11.1. The minimum absolute atomic E-state index is 0.227. The predicted octanol–water partition coefficient (Wildman–Crippen LogP) is 5.18. The number of ether oxygens (including phenoxy) is 2. The van der Waals surface area contributed by atoms with Crippen molar-refractivity contribution in [3.8, 4) is 11.5 Å². The second-order valence-electron chi connectivity index (χ2n) is 7.13. The van der Waals surface area contributed by atoms with E-state index in [1.54, 1.807) is 19.2 Å². The van der Waals surface area contributed by atoms with Gasteiger partial charge in [0.05, 0.1) is 29.2 Å². The smallest absolute Gasteiger partial charge is 0.180 e. The van der Waals surface area contributed by atoms with Gasteiger partial charge in [-0.1, -0.05) is 23.2 Å². The van der Waals surface area contributed by atoms with Crippen LogP contribution in [0.15, 0.2) is 36.7 Å². The van der Waals surface area contributed by atoms with Gasteiger partial charge in [0.25, 0.3) is 0 Å². The van der Waals surface area contributed by atoms with Crippen LogP contribution in [-0.4, -0.2) is 45.4 Å². The maximum absolute atomic E-state index is 6.13. The van der Waals surface area contributed by atoms with E-state index in [-0.39, 0.29) is 6.61 Å². The molecule has 0 aliphatic rings. The Morgan fingerprint density at radius 2 is 1.91 bits per heavy atom. The van der Waals surface area contributed by atoms with Gasteiger partial charge in [-0.3, -0.25) is 0 Å². The fourth-order valence-corrected chi connectivity index (χ4v) is 4.04. The number of hydrogen-bond donors (Lipinski definition) is 1. The first-order chi connectivity index (χ1) is 15.4. The largest absolute Gasteiger partial charge is 0.493 e. The molecule has 0 atom stereocenters. The van der Waals surface area contributed by atoms with Gasteiger partial charge < -0.3 is 19.7 Å². The zero-order valence-corrected chi connectivity index (χ0v) is 19.9. The van der Waals surface area contributed by atoms with Crippen LogP contribution >= 0.6 is 34.7 Å². The van der Waals surface area contributed by atoms with Crippen LogP contribution in [0.2, 0.25) is 10.0 Å². The Labute approximate surface area is 199 Å². The highest BCUT2D eigenvalue weighted by Gasteiger charge is 2.14. The minimum atomic E-state index is 0.227. The molecule has 0 spiro atoms. The molecule has 0 aliphatic heterocycles. The summed E-state index contributed by atoms with van der Waals surface area (Å²) in [4.78, 5) is 15.3. The van der Waals surface area contributed by atoms with E-state index in [1.807, 2.05) is 37.2 Å². The molecule has 0 saturated heterocycles. The Hall–Kier alpha value is -2.72. The molecule has 2 heterocycles. The van der Waals surface area contributed by atoms with Gasteiger partial charge in [0.2, 0.25) is 0 Å². The Bertz CT molecular complexity index is 1250. The van der Waals surface area contributed by atoms with Crippen LogP contribution in [0.1, 0.15) is 10.8 Å². The van der Waals surface area contributed by atoms with E-state index in [4.69, 9.17) is 32.7 Å². The number of halogens is 2. The fraction of sp³-hybridized carbons (Fsp3) is 0.238. The number of hydrogen-bond acceptors (Lipinski definition) is 9. The number of nitrogens with one attached hydrogen (secondary N) is 1. The van der Waals surface area contributed by atoms with Gasteiger partial charge in [-0.2, -0.15) is 4.37 Å². The first kappa shape index (κ1) is 22.5. The summed E-state index contributed by atoms with van der Waals surface area (Å²) >= 11 is 13.5. The Balaban J connectivity index is 1.58. The second kappa shape index (κ2) is 9.83. The monoisotopic (exact) mass is 490 g/mol. The van der Waals surface area contributed by atoms with Gasteiger partial charge >= 0.3 is 0 Å². The molecule has 2 aromatic carbocycles. The Morgan fingerprint density at radius 1 is 1.06 bits per heavy atom. The molecule has 11 heteroatoms. The van der Waals surface area contributed by atoms with Gasteiger partial charge in [0, 0.05) is 17.1 Å². The van der Waals surface area contributed by atoms with Gasteiger partial charge in [0.15, 0.2) is 17.3 Å². The molecule has 166 valence electrons. The molecule has 1 N–H and O–H groups in total. The lowest BCUT2D eigenvalue weighted by atomic mass is 10.2. The average Bonchev–Trinajstić information content (AvgIpc) is 3.21. The van der Waals surface area contributed by atoms with Crippen molar-refractivity contribution in [1.82, 2.24) is 24.2 Å². The zero-order valence-electron chi connectivity index (χ0n) is 17.6. The van der Waals surface area contributed by atoms with Gasteiger partial charge in [-0.05, 0) is 49.9 Å². The van der Waals surface area contributed by atoms with Crippen molar-refractivity contribution in [3.05, 3.63) is 57.5 Å². The van der Waals surface area contributed by atoms with Crippen LogP contribution in [0.4, 0.5) is 11.5 Å². The molecule has 0 bridgehead atoms. The molecule has 0 radical (unpaired) electrons. The van der Waals surface area contributed by atoms with E-state index in [0.29, 0.717) is 38.7 Å². The van der Waals surface area contributed by atoms with E-state index in [9.17, 15) is 0 Å². The summed E-state index contributed by atoms with van der Waals surface area (Å²) in [6.45, 7) is 0.966. The number of methoxy groups -OCH3 is 1. The molecule has 0 aliphatic carbocycles. The quantitative estimate of drug-likeness (QED) is 0.361. The van der Waals surface area contributed by atoms with Crippen molar-refractivity contribution < 1.29 is 9.47 Å². The molecule has 8 nitrogen and oxygen atoms in total. The molecule has 4 aromatic rings. The summed E-state index contributed by atoms with van der Waals surface area (Å²) < 4.78 is 15.9. The van der Waals surface area contributed by atoms with E-state index in [1.165, 1.54) is 17.9 Å². The van der Waals surface area contributed by atoms with Crippen molar-refractivity contribution in [2.45, 2.75) is 13.2 Å².